The van der Waals surface area contributed by atoms with E-state index in [1.807, 2.05) is 29.4 Å². The van der Waals surface area contributed by atoms with E-state index >= 15 is 0 Å². The highest BCUT2D eigenvalue weighted by atomic mass is 79.9. The average Bonchev–Trinajstić information content (AvgIpc) is 2.89. The molecule has 0 aliphatic heterocycles. The first-order valence-corrected chi connectivity index (χ1v) is 10.2. The molecule has 3 rings (SSSR count). The lowest BCUT2D eigenvalue weighted by Gasteiger charge is -2.38. The van der Waals surface area contributed by atoms with E-state index < -0.39 is 0 Å². The number of halogens is 1. The van der Waals surface area contributed by atoms with Gasteiger partial charge in [0.1, 0.15) is 0 Å². The minimum atomic E-state index is -0.157. The topological polar surface area (TPSA) is 37.4 Å². The van der Waals surface area contributed by atoms with E-state index in [1.54, 1.807) is 11.8 Å². The van der Waals surface area contributed by atoms with Crippen LogP contribution >= 0.6 is 15.9 Å². The van der Waals surface area contributed by atoms with Gasteiger partial charge < -0.3 is 4.90 Å². The molecule has 0 saturated heterocycles. The molecule has 2 atom stereocenters. The van der Waals surface area contributed by atoms with Crippen LogP contribution in [0.5, 0.6) is 0 Å². The monoisotopic (exact) mass is 415 g/mol. The van der Waals surface area contributed by atoms with Crippen molar-refractivity contribution < 1.29 is 9.59 Å². The van der Waals surface area contributed by atoms with E-state index in [0.717, 1.165) is 31.3 Å². The number of fused-ring (bicyclic) bond motifs is 1. The summed E-state index contributed by atoms with van der Waals surface area (Å²) in [7, 11) is 0. The highest BCUT2D eigenvalue weighted by Crippen LogP contribution is 2.55. The molecule has 0 bridgehead atoms. The number of amides is 1. The number of carbonyl (C=O) groups is 2. The molecule has 26 heavy (non-hydrogen) atoms. The standard InChI is InChI=1S/C22H26BrNO2/c1-16(25)24(12-10-17-7-4-3-5-8-17)15-20-21(26)13-19-18(14-23)9-6-11-22(19,20)2/h3-5,7-8,14-15,19H,6,9-13H2,1-2H3/t19-,22-/m0/s1. The zero-order valence-electron chi connectivity index (χ0n) is 15.5. The average molecular weight is 416 g/mol. The van der Waals surface area contributed by atoms with E-state index in [-0.39, 0.29) is 23.0 Å². The summed E-state index contributed by atoms with van der Waals surface area (Å²) in [5.41, 5.74) is 3.20. The first kappa shape index (κ1) is 19.1. The largest absolute Gasteiger partial charge is 0.319 e. The maximum absolute atomic E-state index is 12.8. The van der Waals surface area contributed by atoms with Gasteiger partial charge in [-0.15, -0.1) is 0 Å². The molecule has 1 aromatic carbocycles. The van der Waals surface area contributed by atoms with Gasteiger partial charge in [-0.1, -0.05) is 58.8 Å². The van der Waals surface area contributed by atoms with E-state index in [1.165, 1.54) is 11.1 Å². The predicted molar refractivity (Wildman–Crippen MR) is 108 cm³/mol. The van der Waals surface area contributed by atoms with Gasteiger partial charge in [0.15, 0.2) is 5.78 Å². The van der Waals surface area contributed by atoms with Gasteiger partial charge in [-0.3, -0.25) is 9.59 Å². The Labute approximate surface area is 164 Å². The highest BCUT2D eigenvalue weighted by molar-refractivity contribution is 9.11. The van der Waals surface area contributed by atoms with E-state index in [9.17, 15) is 9.59 Å². The number of hydrogen-bond donors (Lipinski definition) is 0. The second-order valence-corrected chi connectivity index (χ2v) is 8.08. The Hall–Kier alpha value is -1.68. The molecule has 4 heteroatoms. The summed E-state index contributed by atoms with van der Waals surface area (Å²) >= 11 is 3.48. The molecule has 0 heterocycles. The fraction of sp³-hybridized carbons (Fsp3) is 0.455. The van der Waals surface area contributed by atoms with Crippen molar-refractivity contribution in [1.29, 1.82) is 0 Å². The lowest BCUT2D eigenvalue weighted by molar-refractivity contribution is -0.126. The maximum Gasteiger partial charge on any atom is 0.223 e. The van der Waals surface area contributed by atoms with Crippen molar-refractivity contribution in [3.63, 3.8) is 0 Å². The number of nitrogens with zero attached hydrogens (tertiary/aromatic N) is 1. The fourth-order valence-corrected chi connectivity index (χ4v) is 4.97. The Morgan fingerprint density at radius 1 is 1.35 bits per heavy atom. The number of hydrogen-bond acceptors (Lipinski definition) is 2. The first-order chi connectivity index (χ1) is 12.5. The summed E-state index contributed by atoms with van der Waals surface area (Å²) in [4.78, 5) is 28.7. The van der Waals surface area contributed by atoms with Crippen molar-refractivity contribution in [3.8, 4) is 0 Å². The molecule has 0 N–H and O–H groups in total. The van der Waals surface area contributed by atoms with Crippen LogP contribution in [0.1, 0.15) is 45.1 Å². The quantitative estimate of drug-likeness (QED) is 0.647. The van der Waals surface area contributed by atoms with Crippen LogP contribution in [0, 0.1) is 11.3 Å². The van der Waals surface area contributed by atoms with Gasteiger partial charge in [0, 0.05) is 37.1 Å². The molecule has 0 radical (unpaired) electrons. The third-order valence-electron chi connectivity index (χ3n) is 6.00. The summed E-state index contributed by atoms with van der Waals surface area (Å²) in [5.74, 6) is 0.440. The van der Waals surface area contributed by atoms with Crippen molar-refractivity contribution in [2.75, 3.05) is 6.54 Å². The first-order valence-electron chi connectivity index (χ1n) is 9.31. The summed E-state index contributed by atoms with van der Waals surface area (Å²) < 4.78 is 0. The fourth-order valence-electron chi connectivity index (χ4n) is 4.42. The van der Waals surface area contributed by atoms with Crippen LogP contribution in [0.2, 0.25) is 0 Å². The van der Waals surface area contributed by atoms with Gasteiger partial charge >= 0.3 is 0 Å². The highest BCUT2D eigenvalue weighted by Gasteiger charge is 2.50. The number of rotatable bonds is 4. The molecule has 1 amide bonds. The molecule has 2 fully saturated rings. The number of allylic oxidation sites excluding steroid dienone is 2. The van der Waals surface area contributed by atoms with Crippen LogP contribution in [0.4, 0.5) is 0 Å². The van der Waals surface area contributed by atoms with Gasteiger partial charge in [0.05, 0.1) is 0 Å². The molecule has 1 aromatic rings. The minimum absolute atomic E-state index is 0.0136. The van der Waals surface area contributed by atoms with E-state index in [2.05, 4.69) is 35.0 Å². The Morgan fingerprint density at radius 2 is 2.08 bits per heavy atom. The normalized spacial score (nSPS) is 28.4. The molecule has 2 aliphatic carbocycles. The Kier molecular flexibility index (Phi) is 5.81. The second kappa shape index (κ2) is 7.91. The van der Waals surface area contributed by atoms with Crippen LogP contribution in [0.25, 0.3) is 0 Å². The van der Waals surface area contributed by atoms with Crippen molar-refractivity contribution in [3.05, 3.63) is 58.2 Å². The van der Waals surface area contributed by atoms with Gasteiger partial charge in [-0.25, -0.2) is 0 Å². The third kappa shape index (κ3) is 3.71. The Balaban J connectivity index is 1.85. The Bertz CT molecular complexity index is 753. The summed E-state index contributed by atoms with van der Waals surface area (Å²) in [5, 5.41) is 0. The van der Waals surface area contributed by atoms with Crippen molar-refractivity contribution in [2.45, 2.75) is 46.0 Å². The lowest BCUT2D eigenvalue weighted by Crippen LogP contribution is -2.32. The van der Waals surface area contributed by atoms with Crippen molar-refractivity contribution >= 4 is 27.6 Å². The van der Waals surface area contributed by atoms with Gasteiger partial charge in [-0.2, -0.15) is 0 Å². The third-order valence-corrected chi connectivity index (χ3v) is 6.59. The molecule has 138 valence electrons. The maximum atomic E-state index is 12.8. The smallest absolute Gasteiger partial charge is 0.223 e. The molecular formula is C22H26BrNO2. The zero-order chi connectivity index (χ0) is 18.7. The second-order valence-electron chi connectivity index (χ2n) is 7.63. The predicted octanol–water partition coefficient (Wildman–Crippen LogP) is 5.02. The molecular weight excluding hydrogens is 390 g/mol. The van der Waals surface area contributed by atoms with Crippen LogP contribution in [-0.4, -0.2) is 23.1 Å². The van der Waals surface area contributed by atoms with Gasteiger partial charge in [0.2, 0.25) is 5.91 Å². The minimum Gasteiger partial charge on any atom is -0.319 e. The molecule has 2 aliphatic rings. The summed E-state index contributed by atoms with van der Waals surface area (Å²) in [6.45, 7) is 4.36. The number of carbonyl (C=O) groups excluding carboxylic acids is 2. The SMILES string of the molecule is CC(=O)N(C=C1C(=O)C[C@H]2C(=CBr)CCC[C@]12C)CCc1ccccc1. The number of ketones is 1. The molecule has 0 aromatic heterocycles. The zero-order valence-corrected chi connectivity index (χ0v) is 17.1. The molecule has 3 nitrogen and oxygen atoms in total. The summed E-state index contributed by atoms with van der Waals surface area (Å²) in [6, 6.07) is 10.1. The van der Waals surface area contributed by atoms with Crippen LogP contribution in [-0.2, 0) is 16.0 Å². The molecule has 0 unspecified atom stereocenters. The molecule has 0 spiro atoms. The van der Waals surface area contributed by atoms with Crippen molar-refractivity contribution in [1.82, 2.24) is 4.90 Å². The summed E-state index contributed by atoms with van der Waals surface area (Å²) in [6.07, 6.45) is 6.33. The number of benzene rings is 1. The Morgan fingerprint density at radius 3 is 2.73 bits per heavy atom. The molecule has 2 saturated carbocycles. The van der Waals surface area contributed by atoms with E-state index in [0.29, 0.717) is 13.0 Å². The lowest BCUT2D eigenvalue weighted by atomic mass is 9.66. The van der Waals surface area contributed by atoms with Crippen LogP contribution in [0.3, 0.4) is 0 Å². The van der Waals surface area contributed by atoms with Crippen LogP contribution < -0.4 is 0 Å². The van der Waals surface area contributed by atoms with Crippen LogP contribution in [0.15, 0.2) is 52.7 Å². The van der Waals surface area contributed by atoms with Gasteiger partial charge in [0.25, 0.3) is 0 Å². The van der Waals surface area contributed by atoms with Gasteiger partial charge in [-0.05, 0) is 42.1 Å². The van der Waals surface area contributed by atoms with E-state index in [4.69, 9.17) is 0 Å². The van der Waals surface area contributed by atoms with Crippen molar-refractivity contribution in [2.24, 2.45) is 11.3 Å². The number of Topliss-reactive ketones (excluding diaryl/α,β-unsaturated/α-hetero) is 1.